The van der Waals surface area contributed by atoms with Crippen molar-refractivity contribution in [2.45, 2.75) is 5.92 Å². The van der Waals surface area contributed by atoms with Crippen LogP contribution in [0.25, 0.3) is 0 Å². The average Bonchev–Trinajstić information content (AvgIpc) is 3.12. The Kier molecular flexibility index (Phi) is 6.09. The van der Waals surface area contributed by atoms with Crippen LogP contribution < -0.4 is 5.32 Å². The third-order valence-electron chi connectivity index (χ3n) is 3.94. The van der Waals surface area contributed by atoms with Gasteiger partial charge in [0.2, 0.25) is 0 Å². The van der Waals surface area contributed by atoms with Gasteiger partial charge >= 0.3 is 6.09 Å². The number of halogens is 2. The molecule has 1 aromatic rings. The molecule has 0 radical (unpaired) electrons. The highest BCUT2D eigenvalue weighted by Gasteiger charge is 2.54. The van der Waals surface area contributed by atoms with Gasteiger partial charge < -0.3 is 5.11 Å². The van der Waals surface area contributed by atoms with Gasteiger partial charge in [-0.15, -0.1) is 0 Å². The predicted octanol–water partition coefficient (Wildman–Crippen LogP) is 1.34. The molecule has 1 aromatic carbocycles. The summed E-state index contributed by atoms with van der Waals surface area (Å²) in [6.07, 6.45) is 0.103. The number of carbonyl (C=O) groups is 1. The standard InChI is InChI=1S/C14H17F2NO8S2/c1-26(20,21)24-5-8-9(6-25-27(2,22)23)12(8)13-10(15)3-7(4-11(13)16)17-14(18)19/h3-4,8-9,12,17H,5-6H2,1-2H3,(H,18,19). The van der Waals surface area contributed by atoms with Crippen molar-refractivity contribution in [3.63, 3.8) is 0 Å². The Balaban J connectivity index is 2.27. The number of nitrogens with one attached hydrogen (secondary N) is 1. The predicted molar refractivity (Wildman–Crippen MR) is 89.3 cm³/mol. The van der Waals surface area contributed by atoms with Gasteiger partial charge in [-0.25, -0.2) is 13.6 Å². The molecule has 0 heterocycles. The van der Waals surface area contributed by atoms with Crippen molar-refractivity contribution < 1.29 is 43.9 Å². The Labute approximate surface area is 154 Å². The van der Waals surface area contributed by atoms with Gasteiger partial charge in [-0.3, -0.25) is 13.7 Å². The van der Waals surface area contributed by atoms with E-state index in [0.717, 1.165) is 24.6 Å². The fourth-order valence-corrected chi connectivity index (χ4v) is 3.64. The zero-order chi connectivity index (χ0) is 20.6. The molecule has 152 valence electrons. The lowest BCUT2D eigenvalue weighted by Gasteiger charge is -2.08. The van der Waals surface area contributed by atoms with Crippen LogP contribution in [0.3, 0.4) is 0 Å². The number of carboxylic acid groups (broad SMARTS) is 1. The summed E-state index contributed by atoms with van der Waals surface area (Å²) in [4.78, 5) is 10.6. The summed E-state index contributed by atoms with van der Waals surface area (Å²) in [6.45, 7) is -0.815. The first-order valence-corrected chi connectivity index (χ1v) is 11.1. The van der Waals surface area contributed by atoms with E-state index in [-0.39, 0.29) is 5.69 Å². The molecule has 27 heavy (non-hydrogen) atoms. The van der Waals surface area contributed by atoms with E-state index in [1.54, 1.807) is 0 Å². The fraction of sp³-hybridized carbons (Fsp3) is 0.500. The molecule has 13 heteroatoms. The van der Waals surface area contributed by atoms with Crippen LogP contribution in [-0.4, -0.2) is 53.8 Å². The highest BCUT2D eigenvalue weighted by Crippen LogP contribution is 2.56. The lowest BCUT2D eigenvalue weighted by molar-refractivity contribution is 0.209. The second kappa shape index (κ2) is 7.66. The number of benzene rings is 1. The zero-order valence-electron chi connectivity index (χ0n) is 14.2. The molecule has 0 saturated heterocycles. The van der Waals surface area contributed by atoms with Gasteiger partial charge in [-0.05, 0) is 24.0 Å². The first kappa shape index (κ1) is 21.5. The van der Waals surface area contributed by atoms with Crippen LogP contribution >= 0.6 is 0 Å². The van der Waals surface area contributed by atoms with Gasteiger partial charge in [0.25, 0.3) is 20.2 Å². The summed E-state index contributed by atoms with van der Waals surface area (Å²) in [6, 6.07) is 1.54. The topological polar surface area (TPSA) is 136 Å². The molecule has 1 aliphatic rings. The Morgan fingerprint density at radius 2 is 1.44 bits per heavy atom. The van der Waals surface area contributed by atoms with Gasteiger partial charge in [0.05, 0.1) is 25.7 Å². The summed E-state index contributed by atoms with van der Waals surface area (Å²) in [5.41, 5.74) is -0.745. The average molecular weight is 429 g/mol. The number of anilines is 1. The number of hydrogen-bond acceptors (Lipinski definition) is 7. The van der Waals surface area contributed by atoms with Crippen molar-refractivity contribution in [1.82, 2.24) is 0 Å². The Bertz CT molecular complexity index is 883. The summed E-state index contributed by atoms with van der Waals surface area (Å²) in [5.74, 6) is -4.43. The SMILES string of the molecule is CS(=O)(=O)OCC1C(COS(C)(=O)=O)C1c1c(F)cc(NC(=O)O)cc1F. The van der Waals surface area contributed by atoms with Gasteiger partial charge in [-0.2, -0.15) is 16.8 Å². The summed E-state index contributed by atoms with van der Waals surface area (Å²) < 4.78 is 82.6. The molecule has 0 spiro atoms. The molecular weight excluding hydrogens is 412 g/mol. The van der Waals surface area contributed by atoms with Gasteiger partial charge in [0, 0.05) is 17.2 Å². The van der Waals surface area contributed by atoms with Crippen LogP contribution in [-0.2, 0) is 28.6 Å². The van der Waals surface area contributed by atoms with E-state index in [0.29, 0.717) is 0 Å². The van der Waals surface area contributed by atoms with Crippen molar-refractivity contribution in [3.05, 3.63) is 29.3 Å². The van der Waals surface area contributed by atoms with Gasteiger partial charge in [0.1, 0.15) is 11.6 Å². The van der Waals surface area contributed by atoms with Crippen LogP contribution in [0, 0.1) is 23.5 Å². The van der Waals surface area contributed by atoms with Gasteiger partial charge in [0.15, 0.2) is 0 Å². The highest BCUT2D eigenvalue weighted by molar-refractivity contribution is 7.86. The van der Waals surface area contributed by atoms with Crippen LogP contribution in [0.1, 0.15) is 11.5 Å². The minimum absolute atomic E-state index is 0.324. The normalized spacial score (nSPS) is 22.4. The van der Waals surface area contributed by atoms with Crippen molar-refractivity contribution >= 4 is 32.0 Å². The summed E-state index contributed by atoms with van der Waals surface area (Å²) in [5, 5.41) is 10.4. The first-order chi connectivity index (χ1) is 12.3. The Morgan fingerprint density at radius 3 is 1.78 bits per heavy atom. The van der Waals surface area contributed by atoms with E-state index in [1.807, 2.05) is 5.32 Å². The monoisotopic (exact) mass is 429 g/mol. The zero-order valence-corrected chi connectivity index (χ0v) is 15.8. The van der Waals surface area contributed by atoms with Crippen molar-refractivity contribution in [3.8, 4) is 0 Å². The first-order valence-electron chi connectivity index (χ1n) is 7.46. The lowest BCUT2D eigenvalue weighted by atomic mass is 10.1. The van der Waals surface area contributed by atoms with E-state index in [1.165, 1.54) is 0 Å². The summed E-state index contributed by atoms with van der Waals surface area (Å²) >= 11 is 0. The second-order valence-electron chi connectivity index (χ2n) is 6.11. The number of amides is 1. The molecule has 0 bridgehead atoms. The van der Waals surface area contributed by atoms with E-state index >= 15 is 0 Å². The molecule has 0 aromatic heterocycles. The number of rotatable bonds is 8. The van der Waals surface area contributed by atoms with Crippen LogP contribution in [0.2, 0.25) is 0 Å². The Hall–Kier alpha value is -1.83. The minimum Gasteiger partial charge on any atom is -0.465 e. The summed E-state index contributed by atoms with van der Waals surface area (Å²) in [7, 11) is -7.63. The molecule has 2 N–H and O–H groups in total. The highest BCUT2D eigenvalue weighted by atomic mass is 32.2. The minimum atomic E-state index is -3.81. The molecule has 2 unspecified atom stereocenters. The van der Waals surface area contributed by atoms with Crippen molar-refractivity contribution in [2.75, 3.05) is 31.0 Å². The molecule has 1 amide bonds. The quantitative estimate of drug-likeness (QED) is 0.591. The maximum atomic E-state index is 14.4. The maximum Gasteiger partial charge on any atom is 0.409 e. The molecule has 0 aliphatic heterocycles. The van der Waals surface area contributed by atoms with E-state index < -0.39 is 74.5 Å². The van der Waals surface area contributed by atoms with Crippen LogP contribution in [0.15, 0.2) is 12.1 Å². The van der Waals surface area contributed by atoms with Crippen LogP contribution in [0.4, 0.5) is 19.3 Å². The molecule has 2 rings (SSSR count). The molecule has 9 nitrogen and oxygen atoms in total. The number of hydrogen-bond donors (Lipinski definition) is 2. The van der Waals surface area contributed by atoms with Crippen molar-refractivity contribution in [2.24, 2.45) is 11.8 Å². The Morgan fingerprint density at radius 1 is 1.04 bits per heavy atom. The maximum absolute atomic E-state index is 14.4. The second-order valence-corrected chi connectivity index (χ2v) is 9.40. The van der Waals surface area contributed by atoms with Crippen LogP contribution in [0.5, 0.6) is 0 Å². The van der Waals surface area contributed by atoms with Gasteiger partial charge in [-0.1, -0.05) is 0 Å². The smallest absolute Gasteiger partial charge is 0.409 e. The molecule has 1 aliphatic carbocycles. The molecule has 1 saturated carbocycles. The van der Waals surface area contributed by atoms with Crippen molar-refractivity contribution in [1.29, 1.82) is 0 Å². The third-order valence-corrected chi connectivity index (χ3v) is 5.07. The lowest BCUT2D eigenvalue weighted by Crippen LogP contribution is -2.09. The molecular formula is C14H17F2NO8S2. The third kappa shape index (κ3) is 6.09. The van der Waals surface area contributed by atoms with E-state index in [9.17, 15) is 30.4 Å². The largest absolute Gasteiger partial charge is 0.465 e. The van der Waals surface area contributed by atoms with E-state index in [2.05, 4.69) is 8.37 Å². The van der Waals surface area contributed by atoms with E-state index in [4.69, 9.17) is 5.11 Å². The fourth-order valence-electron chi connectivity index (χ4n) is 2.83. The molecule has 1 fully saturated rings. The molecule has 2 atom stereocenters.